The number of hydrogen-bond acceptors (Lipinski definition) is 5. The minimum Gasteiger partial charge on any atom is -0.290 e. The highest BCUT2D eigenvalue weighted by atomic mass is 35.7. The van der Waals surface area contributed by atoms with Crippen LogP contribution < -0.4 is 4.89 Å². The minimum atomic E-state index is -3.85. The van der Waals surface area contributed by atoms with Gasteiger partial charge in [0, 0.05) is 10.7 Å². The van der Waals surface area contributed by atoms with Gasteiger partial charge in [0.2, 0.25) is 0 Å². The molecule has 0 aromatic heterocycles. The van der Waals surface area contributed by atoms with E-state index in [0.717, 1.165) is 31.4 Å². The number of benzene rings is 1. The van der Waals surface area contributed by atoms with Crippen molar-refractivity contribution in [2.75, 3.05) is 7.11 Å². The number of sulfonamides is 1. The Morgan fingerprint density at radius 3 is 1.88 bits per heavy atom. The average Bonchev–Trinajstić information content (AvgIpc) is 2.16. The fourth-order valence-corrected chi connectivity index (χ4v) is 2.52. The van der Waals surface area contributed by atoms with E-state index < -0.39 is 19.1 Å². The molecule has 0 unspecified atom stereocenters. The fraction of sp³-hybridized carbons (Fsp3) is 0.143. The van der Waals surface area contributed by atoms with E-state index in [1.807, 2.05) is 0 Å². The zero-order valence-corrected chi connectivity index (χ0v) is 10.4. The van der Waals surface area contributed by atoms with Crippen LogP contribution in [0, 0.1) is 0 Å². The van der Waals surface area contributed by atoms with Crippen molar-refractivity contribution in [2.45, 2.75) is 9.79 Å². The Morgan fingerprint density at radius 1 is 1.06 bits per heavy atom. The van der Waals surface area contributed by atoms with Gasteiger partial charge < -0.3 is 0 Å². The molecule has 1 N–H and O–H groups in total. The van der Waals surface area contributed by atoms with Crippen LogP contribution in [0.2, 0.25) is 0 Å². The molecule has 0 atom stereocenters. The van der Waals surface area contributed by atoms with E-state index >= 15 is 0 Å². The van der Waals surface area contributed by atoms with Crippen LogP contribution in [0.3, 0.4) is 0 Å². The molecule has 0 saturated heterocycles. The minimum absolute atomic E-state index is 0.126. The van der Waals surface area contributed by atoms with Crippen LogP contribution in [0.25, 0.3) is 0 Å². The SMILES string of the molecule is CONS(=O)(=O)c1ccc(S(=O)(=O)Cl)cc1. The maximum absolute atomic E-state index is 11.4. The van der Waals surface area contributed by atoms with Crippen LogP contribution in [0.1, 0.15) is 0 Å². The predicted octanol–water partition coefficient (Wildman–Crippen LogP) is 0.454. The molecule has 0 amide bonds. The summed E-state index contributed by atoms with van der Waals surface area (Å²) in [6.07, 6.45) is 0. The van der Waals surface area contributed by atoms with Crippen LogP contribution >= 0.6 is 10.7 Å². The Bertz CT molecular complexity index is 563. The summed E-state index contributed by atoms with van der Waals surface area (Å²) in [5.41, 5.74) is 0. The molecule has 6 nitrogen and oxygen atoms in total. The van der Waals surface area contributed by atoms with Gasteiger partial charge in [-0.15, -0.1) is 0 Å². The zero-order valence-electron chi connectivity index (χ0n) is 8.05. The maximum atomic E-state index is 11.4. The monoisotopic (exact) mass is 285 g/mol. The topological polar surface area (TPSA) is 89.5 Å². The first-order valence-corrected chi connectivity index (χ1v) is 7.66. The first-order chi connectivity index (χ1) is 7.27. The molecule has 0 bridgehead atoms. The third-order valence-electron chi connectivity index (χ3n) is 1.61. The van der Waals surface area contributed by atoms with E-state index in [2.05, 4.69) is 4.84 Å². The van der Waals surface area contributed by atoms with Crippen molar-refractivity contribution >= 4 is 29.8 Å². The summed E-state index contributed by atoms with van der Waals surface area (Å²) < 4.78 is 44.5. The Morgan fingerprint density at radius 2 is 1.50 bits per heavy atom. The molecule has 0 radical (unpaired) electrons. The normalized spacial score (nSPS) is 12.6. The lowest BCUT2D eigenvalue weighted by atomic mass is 10.4. The lowest BCUT2D eigenvalue weighted by molar-refractivity contribution is 0.153. The molecule has 0 heterocycles. The second kappa shape index (κ2) is 4.68. The van der Waals surface area contributed by atoms with E-state index in [-0.39, 0.29) is 9.79 Å². The molecule has 0 aliphatic carbocycles. The van der Waals surface area contributed by atoms with Gasteiger partial charge in [-0.2, -0.15) is 0 Å². The summed E-state index contributed by atoms with van der Waals surface area (Å²) in [6, 6.07) is 4.40. The van der Waals surface area contributed by atoms with Crippen LogP contribution in [-0.4, -0.2) is 23.9 Å². The van der Waals surface area contributed by atoms with Crippen molar-refractivity contribution in [2.24, 2.45) is 0 Å². The zero-order chi connectivity index (χ0) is 12.4. The molecule has 16 heavy (non-hydrogen) atoms. The molecule has 90 valence electrons. The summed E-state index contributed by atoms with van der Waals surface area (Å²) in [5, 5.41) is 0. The van der Waals surface area contributed by atoms with Gasteiger partial charge in [0.1, 0.15) is 0 Å². The van der Waals surface area contributed by atoms with E-state index in [1.54, 1.807) is 4.89 Å². The molecule has 9 heteroatoms. The van der Waals surface area contributed by atoms with Gasteiger partial charge in [-0.25, -0.2) is 16.8 Å². The van der Waals surface area contributed by atoms with E-state index in [4.69, 9.17) is 10.7 Å². The van der Waals surface area contributed by atoms with Crippen molar-refractivity contribution in [3.05, 3.63) is 24.3 Å². The van der Waals surface area contributed by atoms with Crippen molar-refractivity contribution < 1.29 is 21.7 Å². The van der Waals surface area contributed by atoms with Crippen molar-refractivity contribution in [1.82, 2.24) is 4.89 Å². The first kappa shape index (κ1) is 13.4. The number of nitrogens with one attached hydrogen (secondary N) is 1. The molecule has 0 fully saturated rings. The summed E-state index contributed by atoms with van der Waals surface area (Å²) in [5.74, 6) is 0. The van der Waals surface area contributed by atoms with Gasteiger partial charge in [-0.1, -0.05) is 4.89 Å². The fourth-order valence-electron chi connectivity index (χ4n) is 0.939. The molecule has 0 saturated carbocycles. The van der Waals surface area contributed by atoms with Gasteiger partial charge in [-0.3, -0.25) is 4.84 Å². The van der Waals surface area contributed by atoms with Crippen molar-refractivity contribution in [3.63, 3.8) is 0 Å². The van der Waals surface area contributed by atoms with Crippen LogP contribution in [0.15, 0.2) is 34.1 Å². The van der Waals surface area contributed by atoms with Crippen molar-refractivity contribution in [3.8, 4) is 0 Å². The molecule has 0 aliphatic heterocycles. The van der Waals surface area contributed by atoms with Gasteiger partial charge in [0.25, 0.3) is 19.1 Å². The average molecular weight is 286 g/mol. The third kappa shape index (κ3) is 3.16. The molecule has 1 rings (SSSR count). The Balaban J connectivity index is 3.15. The Kier molecular flexibility index (Phi) is 3.92. The highest BCUT2D eigenvalue weighted by Gasteiger charge is 2.15. The van der Waals surface area contributed by atoms with Crippen molar-refractivity contribution in [1.29, 1.82) is 0 Å². The molecule has 0 aliphatic rings. The van der Waals surface area contributed by atoms with Gasteiger partial charge in [0.15, 0.2) is 0 Å². The van der Waals surface area contributed by atoms with Gasteiger partial charge >= 0.3 is 0 Å². The highest BCUT2D eigenvalue weighted by molar-refractivity contribution is 8.13. The Labute approximate surface area is 97.6 Å². The van der Waals surface area contributed by atoms with Crippen LogP contribution in [0.5, 0.6) is 0 Å². The van der Waals surface area contributed by atoms with Crippen LogP contribution in [0.4, 0.5) is 0 Å². The largest absolute Gasteiger partial charge is 0.290 e. The highest BCUT2D eigenvalue weighted by Crippen LogP contribution is 2.17. The van der Waals surface area contributed by atoms with Crippen LogP contribution in [-0.2, 0) is 23.9 Å². The first-order valence-electron chi connectivity index (χ1n) is 3.87. The smallest absolute Gasteiger partial charge is 0.262 e. The molecular formula is C7H8ClNO5S2. The molecule has 1 aromatic carbocycles. The summed E-state index contributed by atoms with van der Waals surface area (Å²) in [4.78, 5) is 5.76. The second-order valence-corrected chi connectivity index (χ2v) is 6.91. The lowest BCUT2D eigenvalue weighted by Gasteiger charge is -2.04. The summed E-state index contributed by atoms with van der Waals surface area (Å²) in [6.45, 7) is 0. The third-order valence-corrected chi connectivity index (χ3v) is 4.26. The number of halogens is 1. The quantitative estimate of drug-likeness (QED) is 0.641. The molecular weight excluding hydrogens is 278 g/mol. The molecule has 0 spiro atoms. The molecule has 1 aromatic rings. The standard InChI is InChI=1S/C7H8ClNO5S2/c1-14-9-16(12,13)7-4-2-6(3-5-7)15(8,10)11/h2-5,9H,1H3. The second-order valence-electron chi connectivity index (χ2n) is 2.70. The van der Waals surface area contributed by atoms with E-state index in [0.29, 0.717) is 0 Å². The number of rotatable bonds is 4. The van der Waals surface area contributed by atoms with E-state index in [9.17, 15) is 16.8 Å². The number of hydrogen-bond donors (Lipinski definition) is 1. The Hall–Kier alpha value is -0.670. The van der Waals surface area contributed by atoms with Gasteiger partial charge in [0.05, 0.1) is 16.9 Å². The maximum Gasteiger partial charge on any atom is 0.262 e. The summed E-state index contributed by atoms with van der Waals surface area (Å²) in [7, 11) is -1.42. The predicted molar refractivity (Wildman–Crippen MR) is 56.8 cm³/mol. The summed E-state index contributed by atoms with van der Waals surface area (Å²) >= 11 is 0. The lowest BCUT2D eigenvalue weighted by Crippen LogP contribution is -2.22. The van der Waals surface area contributed by atoms with Gasteiger partial charge in [-0.05, 0) is 24.3 Å². The van der Waals surface area contributed by atoms with E-state index in [1.165, 1.54) is 0 Å².